The molecule has 1 aliphatic rings. The molecule has 0 aliphatic carbocycles. The molecule has 2 atom stereocenters. The van der Waals surface area contributed by atoms with Crippen LogP contribution >= 0.6 is 0 Å². The number of para-hydroxylation sites is 1. The van der Waals surface area contributed by atoms with Crippen LogP contribution in [0.15, 0.2) is 72.8 Å². The summed E-state index contributed by atoms with van der Waals surface area (Å²) in [5.74, 6) is 0.982. The van der Waals surface area contributed by atoms with Gasteiger partial charge in [0.1, 0.15) is 17.6 Å². The van der Waals surface area contributed by atoms with E-state index in [0.717, 1.165) is 17.0 Å². The average molecular weight is 421 g/mol. The van der Waals surface area contributed by atoms with Gasteiger partial charge < -0.3 is 25.2 Å². The van der Waals surface area contributed by atoms with Crippen molar-refractivity contribution in [3.8, 4) is 17.2 Å². The molecule has 1 aliphatic heterocycles. The number of benzene rings is 3. The lowest BCUT2D eigenvalue weighted by Crippen LogP contribution is -2.90. The van der Waals surface area contributed by atoms with Gasteiger partial charge in [0.25, 0.3) is 0 Å². The van der Waals surface area contributed by atoms with Crippen molar-refractivity contribution >= 4 is 5.70 Å². The SMILES string of the molecule is CCOc1cccc(C2C=C(c3cccc(OC)c3)NC(c3ccccc3F)[NH2+]2)c1O. The van der Waals surface area contributed by atoms with Crippen molar-refractivity contribution < 1.29 is 24.3 Å². The van der Waals surface area contributed by atoms with Crippen molar-refractivity contribution in [1.29, 1.82) is 0 Å². The lowest BCUT2D eigenvalue weighted by atomic mass is 9.97. The number of phenolic OH excluding ortho intramolecular Hbond substituents is 1. The van der Waals surface area contributed by atoms with Crippen LogP contribution in [0.3, 0.4) is 0 Å². The Morgan fingerprint density at radius 2 is 1.81 bits per heavy atom. The number of nitrogens with one attached hydrogen (secondary N) is 1. The van der Waals surface area contributed by atoms with E-state index in [0.29, 0.717) is 23.5 Å². The van der Waals surface area contributed by atoms with Gasteiger partial charge >= 0.3 is 0 Å². The summed E-state index contributed by atoms with van der Waals surface area (Å²) >= 11 is 0. The highest BCUT2D eigenvalue weighted by molar-refractivity contribution is 5.67. The Morgan fingerprint density at radius 1 is 1.03 bits per heavy atom. The Balaban J connectivity index is 1.79. The van der Waals surface area contributed by atoms with Crippen molar-refractivity contribution in [1.82, 2.24) is 5.32 Å². The van der Waals surface area contributed by atoms with Crippen LogP contribution in [0.5, 0.6) is 17.2 Å². The van der Waals surface area contributed by atoms with Crippen LogP contribution in [0.2, 0.25) is 0 Å². The number of ether oxygens (including phenoxy) is 2. The molecule has 0 radical (unpaired) electrons. The third-order valence-electron chi connectivity index (χ3n) is 5.37. The van der Waals surface area contributed by atoms with Crippen molar-refractivity contribution in [3.05, 3.63) is 95.3 Å². The highest BCUT2D eigenvalue weighted by atomic mass is 19.1. The lowest BCUT2D eigenvalue weighted by molar-refractivity contribution is -0.731. The number of quaternary nitrogens is 1. The minimum absolute atomic E-state index is 0.0982. The molecule has 1 heterocycles. The van der Waals surface area contributed by atoms with Gasteiger partial charge in [-0.05, 0) is 43.3 Å². The molecule has 0 amide bonds. The molecular weight excluding hydrogens is 395 g/mol. The van der Waals surface area contributed by atoms with Gasteiger partial charge in [-0.1, -0.05) is 30.3 Å². The zero-order chi connectivity index (χ0) is 21.8. The van der Waals surface area contributed by atoms with E-state index in [2.05, 4.69) is 5.32 Å². The third-order valence-corrected chi connectivity index (χ3v) is 5.37. The molecule has 0 saturated heterocycles. The van der Waals surface area contributed by atoms with E-state index in [1.54, 1.807) is 25.3 Å². The molecule has 4 N–H and O–H groups in total. The number of aromatic hydroxyl groups is 1. The topological polar surface area (TPSA) is 67.3 Å². The number of hydrogen-bond donors (Lipinski definition) is 3. The Labute approximate surface area is 181 Å². The van der Waals surface area contributed by atoms with E-state index in [4.69, 9.17) is 9.47 Å². The van der Waals surface area contributed by atoms with Crippen LogP contribution in [-0.2, 0) is 0 Å². The van der Waals surface area contributed by atoms with E-state index in [-0.39, 0.29) is 23.8 Å². The van der Waals surface area contributed by atoms with E-state index >= 15 is 0 Å². The van der Waals surface area contributed by atoms with Crippen LogP contribution in [0, 0.1) is 5.82 Å². The van der Waals surface area contributed by atoms with Crippen LogP contribution < -0.4 is 20.1 Å². The first-order valence-corrected chi connectivity index (χ1v) is 10.3. The molecule has 5 nitrogen and oxygen atoms in total. The number of methoxy groups -OCH3 is 1. The summed E-state index contributed by atoms with van der Waals surface area (Å²) in [7, 11) is 1.62. The van der Waals surface area contributed by atoms with E-state index in [1.807, 2.05) is 60.8 Å². The van der Waals surface area contributed by atoms with Gasteiger partial charge in [0, 0.05) is 17.3 Å². The van der Waals surface area contributed by atoms with Crippen molar-refractivity contribution in [2.24, 2.45) is 0 Å². The lowest BCUT2D eigenvalue weighted by Gasteiger charge is -2.30. The van der Waals surface area contributed by atoms with Gasteiger partial charge in [-0.15, -0.1) is 0 Å². The minimum atomic E-state index is -0.382. The highest BCUT2D eigenvalue weighted by Crippen LogP contribution is 2.35. The second kappa shape index (κ2) is 9.10. The smallest absolute Gasteiger partial charge is 0.189 e. The first-order chi connectivity index (χ1) is 15.1. The summed E-state index contributed by atoms with van der Waals surface area (Å²) in [5, 5.41) is 16.3. The van der Waals surface area contributed by atoms with Crippen LogP contribution in [0.4, 0.5) is 4.39 Å². The van der Waals surface area contributed by atoms with Gasteiger partial charge in [-0.3, -0.25) is 0 Å². The summed E-state index contributed by atoms with van der Waals surface area (Å²) in [6, 6.07) is 19.6. The predicted molar refractivity (Wildman–Crippen MR) is 117 cm³/mol. The fourth-order valence-corrected chi connectivity index (χ4v) is 3.86. The molecule has 2 unspecified atom stereocenters. The molecule has 3 aromatic carbocycles. The van der Waals surface area contributed by atoms with Gasteiger partial charge in [0.2, 0.25) is 0 Å². The standard InChI is InChI=1S/C25H25FN2O3/c1-3-31-23-13-7-11-19(24(23)29)22-15-21(16-8-6-9-17(14-16)30-2)27-25(28-22)18-10-4-5-12-20(18)26/h4-15,22,25,27-29H,3H2,1-2H3/p+1. The van der Waals surface area contributed by atoms with Gasteiger partial charge in [0.15, 0.2) is 17.7 Å². The number of nitrogens with two attached hydrogens (primary N) is 1. The Bertz CT molecular complexity index is 1100. The summed E-state index contributed by atoms with van der Waals surface area (Å²) in [4.78, 5) is 0. The molecule has 0 aromatic heterocycles. The van der Waals surface area contributed by atoms with Crippen molar-refractivity contribution in [2.45, 2.75) is 19.1 Å². The van der Waals surface area contributed by atoms with Crippen LogP contribution in [0.25, 0.3) is 5.70 Å². The maximum atomic E-state index is 14.6. The Morgan fingerprint density at radius 3 is 2.58 bits per heavy atom. The van der Waals surface area contributed by atoms with Crippen LogP contribution in [-0.4, -0.2) is 18.8 Å². The summed E-state index contributed by atoms with van der Waals surface area (Å²) < 4.78 is 25.6. The van der Waals surface area contributed by atoms with Crippen LogP contribution in [0.1, 0.15) is 35.8 Å². The molecule has 0 spiro atoms. The quantitative estimate of drug-likeness (QED) is 0.565. The summed E-state index contributed by atoms with van der Waals surface area (Å²) in [6.45, 7) is 2.33. The van der Waals surface area contributed by atoms with E-state index < -0.39 is 0 Å². The molecule has 0 fully saturated rings. The first kappa shape index (κ1) is 20.8. The number of halogens is 1. The normalized spacial score (nSPS) is 18.1. The maximum Gasteiger partial charge on any atom is 0.189 e. The van der Waals surface area contributed by atoms with E-state index in [9.17, 15) is 9.50 Å². The van der Waals surface area contributed by atoms with Crippen molar-refractivity contribution in [3.63, 3.8) is 0 Å². The van der Waals surface area contributed by atoms with Gasteiger partial charge in [-0.25, -0.2) is 4.39 Å². The first-order valence-electron chi connectivity index (χ1n) is 10.3. The number of rotatable bonds is 6. The van der Waals surface area contributed by atoms with E-state index in [1.165, 1.54) is 6.07 Å². The largest absolute Gasteiger partial charge is 0.504 e. The fraction of sp³-hybridized carbons (Fsp3) is 0.200. The Hall–Kier alpha value is -3.51. The average Bonchev–Trinajstić information content (AvgIpc) is 2.80. The minimum Gasteiger partial charge on any atom is -0.504 e. The van der Waals surface area contributed by atoms with Gasteiger partial charge in [-0.2, -0.15) is 0 Å². The number of hydrogen-bond acceptors (Lipinski definition) is 4. The second-order valence-electron chi connectivity index (χ2n) is 7.30. The monoisotopic (exact) mass is 421 g/mol. The van der Waals surface area contributed by atoms with Crippen molar-refractivity contribution in [2.75, 3.05) is 13.7 Å². The molecule has 160 valence electrons. The zero-order valence-electron chi connectivity index (χ0n) is 17.5. The molecule has 4 rings (SSSR count). The number of phenols is 1. The third kappa shape index (κ3) is 4.34. The predicted octanol–water partition coefficient (Wildman–Crippen LogP) is 3.89. The van der Waals surface area contributed by atoms with Gasteiger partial charge in [0.05, 0.1) is 24.8 Å². The molecular formula is C25H26FN2O3+. The molecule has 0 saturated carbocycles. The molecule has 6 heteroatoms. The zero-order valence-corrected chi connectivity index (χ0v) is 17.5. The Kier molecular flexibility index (Phi) is 6.09. The molecule has 0 bridgehead atoms. The summed E-state index contributed by atoms with van der Waals surface area (Å²) in [6.07, 6.45) is 1.64. The highest BCUT2D eigenvalue weighted by Gasteiger charge is 2.31. The molecule has 3 aromatic rings. The maximum absolute atomic E-state index is 14.6. The summed E-state index contributed by atoms with van der Waals surface area (Å²) in [5.41, 5.74) is 3.00. The molecule has 31 heavy (non-hydrogen) atoms. The second-order valence-corrected chi connectivity index (χ2v) is 7.30. The fourth-order valence-electron chi connectivity index (χ4n) is 3.86.